The molecule has 0 saturated heterocycles. The molecule has 5 rings (SSSR count). The van der Waals surface area contributed by atoms with E-state index < -0.39 is 0 Å². The molecule has 7 nitrogen and oxygen atoms in total. The maximum absolute atomic E-state index is 5.34. The summed E-state index contributed by atoms with van der Waals surface area (Å²) in [4.78, 5) is 13.7. The highest BCUT2D eigenvalue weighted by molar-refractivity contribution is 7.98. The van der Waals surface area contributed by atoms with Crippen LogP contribution in [-0.2, 0) is 5.75 Å². The van der Waals surface area contributed by atoms with Crippen LogP contribution in [0.15, 0.2) is 50.8 Å². The van der Waals surface area contributed by atoms with E-state index in [1.807, 2.05) is 48.0 Å². The van der Waals surface area contributed by atoms with Gasteiger partial charge >= 0.3 is 0 Å². The van der Waals surface area contributed by atoms with Crippen LogP contribution in [0, 0.1) is 6.92 Å². The maximum atomic E-state index is 5.34. The highest BCUT2D eigenvalue weighted by Gasteiger charge is 2.14. The summed E-state index contributed by atoms with van der Waals surface area (Å²) >= 11 is 3.11. The van der Waals surface area contributed by atoms with Crippen molar-refractivity contribution in [1.82, 2.24) is 29.7 Å². The van der Waals surface area contributed by atoms with Gasteiger partial charge in [-0.15, -0.1) is 5.10 Å². The normalized spacial score (nSPS) is 11.6. The monoisotopic (exact) mass is 380 g/mol. The van der Waals surface area contributed by atoms with Crippen LogP contribution in [0.1, 0.15) is 11.6 Å². The molecular formula is C17H12N6OS2. The third-order valence-corrected chi connectivity index (χ3v) is 5.43. The Morgan fingerprint density at radius 3 is 2.96 bits per heavy atom. The maximum Gasteiger partial charge on any atom is 0.258 e. The van der Waals surface area contributed by atoms with Gasteiger partial charge in [0.2, 0.25) is 0 Å². The molecule has 0 radical (unpaired) electrons. The van der Waals surface area contributed by atoms with Gasteiger partial charge in [-0.25, -0.2) is 9.97 Å². The average Bonchev–Trinajstić information content (AvgIpc) is 3.39. The van der Waals surface area contributed by atoms with Crippen LogP contribution >= 0.6 is 23.1 Å². The second kappa shape index (κ2) is 6.19. The molecule has 0 N–H and O–H groups in total. The minimum absolute atomic E-state index is 0.535. The summed E-state index contributed by atoms with van der Waals surface area (Å²) < 4.78 is 7.12. The third kappa shape index (κ3) is 2.65. The first-order valence-electron chi connectivity index (χ1n) is 7.88. The number of rotatable bonds is 4. The smallest absolute Gasteiger partial charge is 0.258 e. The molecule has 0 aliphatic rings. The fraction of sp³-hybridized carbons (Fsp3) is 0.118. The van der Waals surface area contributed by atoms with Crippen LogP contribution in [0.2, 0.25) is 0 Å². The number of aryl methyl sites for hydroxylation is 1. The zero-order chi connectivity index (χ0) is 17.5. The summed E-state index contributed by atoms with van der Waals surface area (Å²) in [5.41, 5.74) is 2.64. The topological polar surface area (TPSA) is 82.0 Å². The number of nitrogens with zero attached hydrogens (tertiary/aromatic N) is 6. The first kappa shape index (κ1) is 15.5. The van der Waals surface area contributed by atoms with Crippen LogP contribution in [-0.4, -0.2) is 29.7 Å². The molecule has 0 bridgehead atoms. The van der Waals surface area contributed by atoms with Crippen molar-refractivity contribution in [2.24, 2.45) is 0 Å². The van der Waals surface area contributed by atoms with Crippen molar-refractivity contribution in [3.63, 3.8) is 0 Å². The van der Waals surface area contributed by atoms with E-state index in [-0.39, 0.29) is 0 Å². The highest BCUT2D eigenvalue weighted by atomic mass is 32.2. The average molecular weight is 380 g/mol. The van der Waals surface area contributed by atoms with Gasteiger partial charge in [0.05, 0.1) is 16.8 Å². The number of aromatic nitrogens is 6. The summed E-state index contributed by atoms with van der Waals surface area (Å²) in [6.07, 6.45) is 0. The lowest BCUT2D eigenvalue weighted by Crippen LogP contribution is -1.99. The zero-order valence-electron chi connectivity index (χ0n) is 13.7. The Bertz CT molecular complexity index is 1210. The van der Waals surface area contributed by atoms with E-state index in [1.54, 1.807) is 15.9 Å². The Labute approximate surface area is 156 Å². The van der Waals surface area contributed by atoms with Gasteiger partial charge in [-0.3, -0.25) is 0 Å². The van der Waals surface area contributed by atoms with Crippen LogP contribution in [0.3, 0.4) is 0 Å². The number of hydrogen-bond acceptors (Lipinski definition) is 8. The molecule has 4 aromatic heterocycles. The van der Waals surface area contributed by atoms with Crippen molar-refractivity contribution < 1.29 is 4.52 Å². The summed E-state index contributed by atoms with van der Waals surface area (Å²) in [5, 5.41) is 14.2. The lowest BCUT2D eigenvalue weighted by atomic mass is 10.2. The quantitative estimate of drug-likeness (QED) is 0.344. The minimum atomic E-state index is 0.535. The van der Waals surface area contributed by atoms with Gasteiger partial charge < -0.3 is 4.52 Å². The Balaban J connectivity index is 1.49. The van der Waals surface area contributed by atoms with Crippen molar-refractivity contribution in [3.05, 3.63) is 52.7 Å². The predicted octanol–water partition coefficient (Wildman–Crippen LogP) is 3.99. The van der Waals surface area contributed by atoms with Gasteiger partial charge in [-0.2, -0.15) is 20.8 Å². The third-order valence-electron chi connectivity index (χ3n) is 3.82. The molecule has 0 aliphatic heterocycles. The number of para-hydroxylation sites is 1. The van der Waals surface area contributed by atoms with E-state index in [4.69, 9.17) is 9.51 Å². The van der Waals surface area contributed by atoms with Gasteiger partial charge in [0.15, 0.2) is 16.6 Å². The Kier molecular flexibility index (Phi) is 3.68. The second-order valence-corrected chi connectivity index (χ2v) is 7.34. The molecule has 1 aromatic carbocycles. The molecule has 0 unspecified atom stereocenters. The number of hydrogen-bond donors (Lipinski definition) is 0. The molecule has 0 aliphatic carbocycles. The van der Waals surface area contributed by atoms with Gasteiger partial charge in [-0.05, 0) is 30.5 Å². The molecule has 0 amide bonds. The summed E-state index contributed by atoms with van der Waals surface area (Å²) in [7, 11) is 0. The molecule has 26 heavy (non-hydrogen) atoms. The summed E-state index contributed by atoms with van der Waals surface area (Å²) in [6.45, 7) is 1.88. The first-order chi connectivity index (χ1) is 12.8. The molecule has 0 spiro atoms. The first-order valence-corrected chi connectivity index (χ1v) is 9.81. The lowest BCUT2D eigenvalue weighted by Gasteiger charge is -2.04. The standard InChI is InChI=1S/C17H12N6OS2/c1-10-18-15-12-4-2-3-5-13(12)19-17(23(15)21-10)26-9-14-20-16(24-22-14)11-6-7-25-8-11/h2-8H,9H2,1H3. The largest absolute Gasteiger partial charge is 0.334 e. The molecule has 9 heteroatoms. The van der Waals surface area contributed by atoms with Crippen LogP contribution in [0.25, 0.3) is 28.0 Å². The number of fused-ring (bicyclic) bond motifs is 3. The Morgan fingerprint density at radius 2 is 2.08 bits per heavy atom. The van der Waals surface area contributed by atoms with Gasteiger partial charge in [0, 0.05) is 10.8 Å². The molecule has 0 saturated carbocycles. The van der Waals surface area contributed by atoms with Crippen LogP contribution < -0.4 is 0 Å². The van der Waals surface area contributed by atoms with E-state index in [9.17, 15) is 0 Å². The number of benzene rings is 1. The Morgan fingerprint density at radius 1 is 1.15 bits per heavy atom. The van der Waals surface area contributed by atoms with Gasteiger partial charge in [-0.1, -0.05) is 29.1 Å². The second-order valence-electron chi connectivity index (χ2n) is 5.62. The van der Waals surface area contributed by atoms with Gasteiger partial charge in [0.1, 0.15) is 5.82 Å². The molecule has 0 atom stereocenters. The SMILES string of the molecule is Cc1nc2c3ccccc3nc(SCc3noc(-c4ccsc4)n3)n2n1. The Hall–Kier alpha value is -2.78. The van der Waals surface area contributed by atoms with Crippen molar-refractivity contribution in [3.8, 4) is 11.5 Å². The van der Waals surface area contributed by atoms with Crippen LogP contribution in [0.5, 0.6) is 0 Å². The van der Waals surface area contributed by atoms with Gasteiger partial charge in [0.25, 0.3) is 5.89 Å². The molecule has 128 valence electrons. The number of thiophene rings is 1. The van der Waals surface area contributed by atoms with Crippen LogP contribution in [0.4, 0.5) is 0 Å². The lowest BCUT2D eigenvalue weighted by molar-refractivity contribution is 0.425. The highest BCUT2D eigenvalue weighted by Crippen LogP contribution is 2.26. The van der Waals surface area contributed by atoms with E-state index >= 15 is 0 Å². The zero-order valence-corrected chi connectivity index (χ0v) is 15.3. The van der Waals surface area contributed by atoms with Crippen molar-refractivity contribution in [2.45, 2.75) is 17.8 Å². The van der Waals surface area contributed by atoms with E-state index in [0.29, 0.717) is 23.3 Å². The summed E-state index contributed by atoms with van der Waals surface area (Å²) in [6, 6.07) is 9.89. The van der Waals surface area contributed by atoms with Crippen molar-refractivity contribution in [2.75, 3.05) is 0 Å². The van der Waals surface area contributed by atoms with E-state index in [0.717, 1.165) is 27.3 Å². The molecule has 0 fully saturated rings. The van der Waals surface area contributed by atoms with E-state index in [2.05, 4.69) is 20.2 Å². The number of thioether (sulfide) groups is 1. The molecular weight excluding hydrogens is 368 g/mol. The molecule has 4 heterocycles. The fourth-order valence-electron chi connectivity index (χ4n) is 2.67. The van der Waals surface area contributed by atoms with Crippen molar-refractivity contribution >= 4 is 39.6 Å². The minimum Gasteiger partial charge on any atom is -0.334 e. The predicted molar refractivity (Wildman–Crippen MR) is 100 cm³/mol. The summed E-state index contributed by atoms with van der Waals surface area (Å²) in [5.74, 6) is 2.41. The fourth-order valence-corrected chi connectivity index (χ4v) is 4.09. The van der Waals surface area contributed by atoms with Crippen molar-refractivity contribution in [1.29, 1.82) is 0 Å². The van der Waals surface area contributed by atoms with E-state index in [1.165, 1.54) is 11.8 Å². The molecule has 5 aromatic rings.